The Morgan fingerprint density at radius 3 is 2.47 bits per heavy atom. The van der Waals surface area contributed by atoms with E-state index in [2.05, 4.69) is 36.5 Å². The number of hydrogen-bond donors (Lipinski definition) is 1. The van der Waals surface area contributed by atoms with Crippen LogP contribution in [0.1, 0.15) is 75.3 Å². The van der Waals surface area contributed by atoms with Crippen LogP contribution in [0, 0.1) is 0 Å². The summed E-state index contributed by atoms with van der Waals surface area (Å²) in [5.74, 6) is 0.700. The Hall–Kier alpha value is -0.820. The highest BCUT2D eigenvalue weighted by Gasteiger charge is 2.34. The van der Waals surface area contributed by atoms with Crippen molar-refractivity contribution in [3.05, 3.63) is 35.4 Å². The highest BCUT2D eigenvalue weighted by molar-refractivity contribution is 5.32. The Kier molecular flexibility index (Phi) is 3.93. The molecule has 1 nitrogen and oxygen atoms in total. The predicted molar refractivity (Wildman–Crippen MR) is 81.4 cm³/mol. The second kappa shape index (κ2) is 5.66. The molecule has 0 radical (unpaired) electrons. The van der Waals surface area contributed by atoms with Gasteiger partial charge in [0.05, 0.1) is 0 Å². The molecule has 3 rings (SSSR count). The summed E-state index contributed by atoms with van der Waals surface area (Å²) < 4.78 is 0. The zero-order valence-corrected chi connectivity index (χ0v) is 12.3. The van der Waals surface area contributed by atoms with Gasteiger partial charge in [0.2, 0.25) is 0 Å². The molecule has 1 fully saturated rings. The van der Waals surface area contributed by atoms with Crippen LogP contribution >= 0.6 is 0 Å². The van der Waals surface area contributed by atoms with Gasteiger partial charge in [-0.05, 0) is 36.3 Å². The van der Waals surface area contributed by atoms with E-state index < -0.39 is 0 Å². The van der Waals surface area contributed by atoms with Gasteiger partial charge in [-0.25, -0.2) is 0 Å². The van der Waals surface area contributed by atoms with Crippen molar-refractivity contribution >= 4 is 0 Å². The van der Waals surface area contributed by atoms with Crippen LogP contribution in [-0.4, -0.2) is 5.54 Å². The van der Waals surface area contributed by atoms with Gasteiger partial charge in [0.15, 0.2) is 0 Å². The first kappa shape index (κ1) is 13.2. The smallest absolute Gasteiger partial charge is 0.0213 e. The molecule has 0 amide bonds. The molecule has 19 heavy (non-hydrogen) atoms. The first-order valence-corrected chi connectivity index (χ1v) is 8.12. The molecule has 104 valence electrons. The monoisotopic (exact) mass is 257 g/mol. The van der Waals surface area contributed by atoms with Crippen molar-refractivity contribution in [2.24, 2.45) is 0 Å². The Balaban J connectivity index is 1.82. The minimum Gasteiger partial charge on any atom is -0.307 e. The van der Waals surface area contributed by atoms with Crippen molar-refractivity contribution in [2.75, 3.05) is 0 Å². The van der Waals surface area contributed by atoms with E-state index in [1.54, 1.807) is 5.56 Å². The number of benzene rings is 1. The summed E-state index contributed by atoms with van der Waals surface area (Å²) in [6.07, 6.45) is 11.2. The maximum atomic E-state index is 3.95. The normalized spacial score (nSPS) is 27.1. The number of fused-ring (bicyclic) bond motifs is 1. The van der Waals surface area contributed by atoms with Crippen LogP contribution in [0.4, 0.5) is 0 Å². The molecule has 1 N–H and O–H groups in total. The van der Waals surface area contributed by atoms with Gasteiger partial charge in [-0.1, -0.05) is 63.3 Å². The zero-order valence-electron chi connectivity index (χ0n) is 12.3. The quantitative estimate of drug-likeness (QED) is 0.706. The third-order valence-corrected chi connectivity index (χ3v) is 5.25. The van der Waals surface area contributed by atoms with Crippen molar-refractivity contribution in [3.63, 3.8) is 0 Å². The van der Waals surface area contributed by atoms with Crippen LogP contribution in [0.15, 0.2) is 24.3 Å². The molecular weight excluding hydrogens is 230 g/mol. The highest BCUT2D eigenvalue weighted by atomic mass is 15.0. The summed E-state index contributed by atoms with van der Waals surface area (Å²) >= 11 is 0. The van der Waals surface area contributed by atoms with Gasteiger partial charge in [0.25, 0.3) is 0 Å². The van der Waals surface area contributed by atoms with Crippen molar-refractivity contribution in [3.8, 4) is 0 Å². The van der Waals surface area contributed by atoms with E-state index >= 15 is 0 Å². The molecule has 0 saturated heterocycles. The molecule has 1 aromatic rings. The summed E-state index contributed by atoms with van der Waals surface area (Å²) in [6.45, 7) is 3.49. The molecule has 1 atom stereocenters. The molecule has 0 aromatic heterocycles. The third-order valence-electron chi connectivity index (χ3n) is 5.25. The molecule has 1 heterocycles. The van der Waals surface area contributed by atoms with Crippen LogP contribution in [0.2, 0.25) is 0 Å². The Labute approximate surface area is 117 Å². The first-order valence-electron chi connectivity index (χ1n) is 8.12. The molecule has 1 heteroatoms. The zero-order chi connectivity index (χ0) is 13.1. The second-order valence-corrected chi connectivity index (χ2v) is 6.71. The Bertz CT molecular complexity index is 415. The fourth-order valence-corrected chi connectivity index (χ4v) is 4.19. The molecule has 1 unspecified atom stereocenters. The highest BCUT2D eigenvalue weighted by Crippen LogP contribution is 2.38. The summed E-state index contributed by atoms with van der Waals surface area (Å²) in [6, 6.07) is 9.03. The third kappa shape index (κ3) is 2.86. The average Bonchev–Trinajstić information content (AvgIpc) is 2.54. The van der Waals surface area contributed by atoms with E-state index in [1.165, 1.54) is 56.9 Å². The lowest BCUT2D eigenvalue weighted by Crippen LogP contribution is -2.44. The summed E-state index contributed by atoms with van der Waals surface area (Å²) in [4.78, 5) is 0. The fourth-order valence-electron chi connectivity index (χ4n) is 4.19. The van der Waals surface area contributed by atoms with Gasteiger partial charge in [0.1, 0.15) is 0 Å². The van der Waals surface area contributed by atoms with E-state index in [0.717, 1.165) is 6.54 Å². The van der Waals surface area contributed by atoms with Crippen LogP contribution < -0.4 is 5.32 Å². The van der Waals surface area contributed by atoms with Gasteiger partial charge in [-0.2, -0.15) is 0 Å². The van der Waals surface area contributed by atoms with Crippen molar-refractivity contribution in [1.29, 1.82) is 0 Å². The fraction of sp³-hybridized carbons (Fsp3) is 0.667. The van der Waals surface area contributed by atoms with Gasteiger partial charge < -0.3 is 5.32 Å². The van der Waals surface area contributed by atoms with E-state index in [4.69, 9.17) is 0 Å². The van der Waals surface area contributed by atoms with Crippen molar-refractivity contribution in [2.45, 2.75) is 76.3 Å². The topological polar surface area (TPSA) is 12.0 Å². The molecule has 1 aromatic carbocycles. The SMILES string of the molecule is CC1CC2(CCCCCCC2)NCc2ccccc21. The lowest BCUT2D eigenvalue weighted by molar-refractivity contribution is 0.226. The standard InChI is InChI=1S/C18H27N/c1-15-13-18(11-7-3-2-4-8-12-18)19-14-16-9-5-6-10-17(15)16/h5-6,9-10,15,19H,2-4,7-8,11-14H2,1H3. The maximum Gasteiger partial charge on any atom is 0.0213 e. The summed E-state index contributed by atoms with van der Waals surface area (Å²) in [5, 5.41) is 3.95. The van der Waals surface area contributed by atoms with Crippen LogP contribution in [-0.2, 0) is 6.54 Å². The second-order valence-electron chi connectivity index (χ2n) is 6.71. The van der Waals surface area contributed by atoms with Crippen LogP contribution in [0.5, 0.6) is 0 Å². The van der Waals surface area contributed by atoms with E-state index in [9.17, 15) is 0 Å². The lowest BCUT2D eigenvalue weighted by Gasteiger charge is -2.37. The predicted octanol–water partition coefficient (Wildman–Crippen LogP) is 4.77. The molecule has 1 spiro atoms. The largest absolute Gasteiger partial charge is 0.307 e. The van der Waals surface area contributed by atoms with Crippen molar-refractivity contribution in [1.82, 2.24) is 5.32 Å². The van der Waals surface area contributed by atoms with E-state index in [1.807, 2.05) is 0 Å². The van der Waals surface area contributed by atoms with Gasteiger partial charge in [0, 0.05) is 12.1 Å². The minimum absolute atomic E-state index is 0.416. The molecular formula is C18H27N. The number of rotatable bonds is 0. The molecule has 1 aliphatic carbocycles. The van der Waals surface area contributed by atoms with Crippen LogP contribution in [0.25, 0.3) is 0 Å². The van der Waals surface area contributed by atoms with Gasteiger partial charge >= 0.3 is 0 Å². The van der Waals surface area contributed by atoms with E-state index in [0.29, 0.717) is 11.5 Å². The number of hydrogen-bond acceptors (Lipinski definition) is 1. The lowest BCUT2D eigenvalue weighted by atomic mass is 9.77. The first-order chi connectivity index (χ1) is 9.29. The molecule has 1 saturated carbocycles. The summed E-state index contributed by atoms with van der Waals surface area (Å²) in [5.41, 5.74) is 3.52. The average molecular weight is 257 g/mol. The Morgan fingerprint density at radius 2 is 1.68 bits per heavy atom. The minimum atomic E-state index is 0.416. The van der Waals surface area contributed by atoms with E-state index in [-0.39, 0.29) is 0 Å². The Morgan fingerprint density at radius 1 is 1.00 bits per heavy atom. The van der Waals surface area contributed by atoms with Crippen LogP contribution in [0.3, 0.4) is 0 Å². The van der Waals surface area contributed by atoms with Gasteiger partial charge in [-0.3, -0.25) is 0 Å². The number of nitrogens with one attached hydrogen (secondary N) is 1. The molecule has 1 aliphatic heterocycles. The molecule has 0 bridgehead atoms. The maximum absolute atomic E-state index is 3.95. The van der Waals surface area contributed by atoms with Crippen molar-refractivity contribution < 1.29 is 0 Å². The van der Waals surface area contributed by atoms with Gasteiger partial charge in [-0.15, -0.1) is 0 Å². The molecule has 2 aliphatic rings. The summed E-state index contributed by atoms with van der Waals surface area (Å²) in [7, 11) is 0.